The van der Waals surface area contributed by atoms with Gasteiger partial charge in [-0.25, -0.2) is 0 Å². The molecule has 1 N–H and O–H groups in total. The average Bonchev–Trinajstić information content (AvgIpc) is 2.15. The molecule has 0 aliphatic carbocycles. The van der Waals surface area contributed by atoms with Crippen molar-refractivity contribution in [2.24, 2.45) is 0 Å². The van der Waals surface area contributed by atoms with Gasteiger partial charge in [-0.1, -0.05) is 0 Å². The normalized spacial score (nSPS) is 10.7. The first-order valence-corrected chi connectivity index (χ1v) is 5.93. The fourth-order valence-electron chi connectivity index (χ4n) is 1.21. The molecule has 0 aliphatic rings. The number of nitrogens with one attached hydrogen (secondary N) is 1. The summed E-state index contributed by atoms with van der Waals surface area (Å²) >= 11 is 2.12. The van der Waals surface area contributed by atoms with E-state index in [1.807, 2.05) is 32.9 Å². The Balaban J connectivity index is 3.08. The minimum Gasteiger partial charge on any atom is -0.347 e. The Labute approximate surface area is 109 Å². The Morgan fingerprint density at radius 1 is 1.44 bits per heavy atom. The minimum absolute atomic E-state index is 0.206. The molecule has 0 unspecified atom stereocenters. The highest BCUT2D eigenvalue weighted by Crippen LogP contribution is 2.14. The second kappa shape index (κ2) is 4.83. The first kappa shape index (κ1) is 13.0. The van der Waals surface area contributed by atoms with Crippen molar-refractivity contribution in [1.82, 2.24) is 5.32 Å². The maximum atomic E-state index is 11.9. The number of carbonyl (C=O) groups excluding carboxylic acids is 1. The average molecular weight is 328 g/mol. The summed E-state index contributed by atoms with van der Waals surface area (Å²) < 4.78 is 0.940. The van der Waals surface area contributed by atoms with E-state index in [9.17, 15) is 4.79 Å². The molecule has 3 nitrogen and oxygen atoms in total. The predicted molar refractivity (Wildman–Crippen MR) is 71.1 cm³/mol. The van der Waals surface area contributed by atoms with Crippen LogP contribution in [-0.2, 0) is 0 Å². The molecule has 0 saturated carbocycles. The van der Waals surface area contributed by atoms with E-state index >= 15 is 0 Å². The Morgan fingerprint density at radius 2 is 2.06 bits per heavy atom. The zero-order chi connectivity index (χ0) is 12.3. The van der Waals surface area contributed by atoms with Crippen LogP contribution in [0.2, 0.25) is 0 Å². The summed E-state index contributed by atoms with van der Waals surface area (Å²) in [4.78, 5) is 11.9. The summed E-state index contributed by atoms with van der Waals surface area (Å²) in [5.74, 6) is -0.206. The number of hydrogen-bond acceptors (Lipinski definition) is 2. The summed E-state index contributed by atoms with van der Waals surface area (Å²) in [5.41, 5.74) is 0.539. The smallest absolute Gasteiger partial charge is 0.253 e. The molecule has 0 spiro atoms. The number of amides is 1. The quantitative estimate of drug-likeness (QED) is 0.806. The van der Waals surface area contributed by atoms with Gasteiger partial charge in [-0.2, -0.15) is 5.26 Å². The van der Waals surface area contributed by atoms with Gasteiger partial charge in [0.2, 0.25) is 0 Å². The van der Waals surface area contributed by atoms with Crippen molar-refractivity contribution in [2.75, 3.05) is 0 Å². The highest BCUT2D eigenvalue weighted by Gasteiger charge is 2.18. The van der Waals surface area contributed by atoms with Gasteiger partial charge in [-0.05, 0) is 61.6 Å². The maximum absolute atomic E-state index is 11.9. The third kappa shape index (κ3) is 3.49. The standard InChI is InChI=1S/C12H13IN2O/c1-12(2,3)15-11(16)10-6-9(13)5-4-8(10)7-14/h4-6H,1-3H3,(H,15,16). The van der Waals surface area contributed by atoms with Gasteiger partial charge in [0.05, 0.1) is 17.2 Å². The van der Waals surface area contributed by atoms with E-state index in [1.54, 1.807) is 12.1 Å². The molecular weight excluding hydrogens is 315 g/mol. The summed E-state index contributed by atoms with van der Waals surface area (Å²) in [6, 6.07) is 7.23. The van der Waals surface area contributed by atoms with Crippen LogP contribution in [0.25, 0.3) is 0 Å². The van der Waals surface area contributed by atoms with Crippen molar-refractivity contribution in [2.45, 2.75) is 26.3 Å². The van der Waals surface area contributed by atoms with Gasteiger partial charge in [0.1, 0.15) is 0 Å². The summed E-state index contributed by atoms with van der Waals surface area (Å²) in [6.45, 7) is 5.72. The lowest BCUT2D eigenvalue weighted by molar-refractivity contribution is 0.0919. The molecular formula is C12H13IN2O. The van der Waals surface area contributed by atoms with Gasteiger partial charge in [-0.3, -0.25) is 4.79 Å². The van der Waals surface area contributed by atoms with Crippen molar-refractivity contribution in [3.63, 3.8) is 0 Å². The minimum atomic E-state index is -0.301. The van der Waals surface area contributed by atoms with Crippen LogP contribution >= 0.6 is 22.6 Å². The molecule has 0 heterocycles. The summed E-state index contributed by atoms with van der Waals surface area (Å²) in [7, 11) is 0. The van der Waals surface area contributed by atoms with Crippen LogP contribution in [0.1, 0.15) is 36.7 Å². The summed E-state index contributed by atoms with van der Waals surface area (Å²) in [6.07, 6.45) is 0. The molecule has 16 heavy (non-hydrogen) atoms. The van der Waals surface area contributed by atoms with Gasteiger partial charge >= 0.3 is 0 Å². The molecule has 0 fully saturated rings. The fraction of sp³-hybridized carbons (Fsp3) is 0.333. The van der Waals surface area contributed by atoms with E-state index in [4.69, 9.17) is 5.26 Å². The largest absolute Gasteiger partial charge is 0.347 e. The third-order valence-electron chi connectivity index (χ3n) is 1.84. The van der Waals surface area contributed by atoms with Crippen LogP contribution in [-0.4, -0.2) is 11.4 Å². The Hall–Kier alpha value is -1.09. The Kier molecular flexibility index (Phi) is 3.92. The number of rotatable bonds is 1. The molecule has 4 heteroatoms. The lowest BCUT2D eigenvalue weighted by Gasteiger charge is -2.20. The third-order valence-corrected chi connectivity index (χ3v) is 2.51. The first-order chi connectivity index (χ1) is 7.33. The van der Waals surface area contributed by atoms with E-state index < -0.39 is 0 Å². The van der Waals surface area contributed by atoms with Gasteiger partial charge in [-0.15, -0.1) is 0 Å². The molecule has 0 radical (unpaired) electrons. The maximum Gasteiger partial charge on any atom is 0.253 e. The molecule has 0 atom stereocenters. The van der Waals surface area contributed by atoms with Crippen LogP contribution in [0.5, 0.6) is 0 Å². The topological polar surface area (TPSA) is 52.9 Å². The zero-order valence-electron chi connectivity index (χ0n) is 9.47. The number of halogens is 1. The van der Waals surface area contributed by atoms with Gasteiger partial charge < -0.3 is 5.32 Å². The van der Waals surface area contributed by atoms with E-state index in [-0.39, 0.29) is 11.4 Å². The predicted octanol–water partition coefficient (Wildman–Crippen LogP) is 2.69. The number of nitriles is 1. The molecule has 1 rings (SSSR count). The van der Waals surface area contributed by atoms with E-state index in [0.29, 0.717) is 11.1 Å². The molecule has 0 aromatic heterocycles. The van der Waals surface area contributed by atoms with Crippen LogP contribution in [0.3, 0.4) is 0 Å². The molecule has 0 aliphatic heterocycles. The van der Waals surface area contributed by atoms with Gasteiger partial charge in [0.15, 0.2) is 0 Å². The Morgan fingerprint density at radius 3 is 2.56 bits per heavy atom. The van der Waals surface area contributed by atoms with Crippen molar-refractivity contribution in [3.8, 4) is 6.07 Å². The Bertz CT molecular complexity index is 455. The molecule has 1 aromatic carbocycles. The number of hydrogen-bond donors (Lipinski definition) is 1. The fourth-order valence-corrected chi connectivity index (χ4v) is 1.70. The molecule has 84 valence electrons. The monoisotopic (exact) mass is 328 g/mol. The molecule has 0 bridgehead atoms. The van der Waals surface area contributed by atoms with Crippen molar-refractivity contribution in [1.29, 1.82) is 5.26 Å². The highest BCUT2D eigenvalue weighted by atomic mass is 127. The lowest BCUT2D eigenvalue weighted by Crippen LogP contribution is -2.40. The van der Waals surface area contributed by atoms with E-state index in [1.165, 1.54) is 0 Å². The van der Waals surface area contributed by atoms with Crippen LogP contribution in [0.15, 0.2) is 18.2 Å². The zero-order valence-corrected chi connectivity index (χ0v) is 11.6. The number of carbonyl (C=O) groups is 1. The van der Waals surface area contributed by atoms with Crippen molar-refractivity contribution >= 4 is 28.5 Å². The highest BCUT2D eigenvalue weighted by molar-refractivity contribution is 14.1. The van der Waals surface area contributed by atoms with Crippen molar-refractivity contribution < 1.29 is 4.79 Å². The second-order valence-electron chi connectivity index (χ2n) is 4.51. The molecule has 1 amide bonds. The van der Waals surface area contributed by atoms with Crippen LogP contribution in [0, 0.1) is 14.9 Å². The van der Waals surface area contributed by atoms with Gasteiger partial charge in [0.25, 0.3) is 5.91 Å². The summed E-state index contributed by atoms with van der Waals surface area (Å²) in [5, 5.41) is 11.8. The lowest BCUT2D eigenvalue weighted by atomic mass is 10.0. The van der Waals surface area contributed by atoms with Crippen LogP contribution < -0.4 is 5.32 Å². The van der Waals surface area contributed by atoms with E-state index in [2.05, 4.69) is 27.9 Å². The first-order valence-electron chi connectivity index (χ1n) is 4.85. The van der Waals surface area contributed by atoms with Crippen LogP contribution in [0.4, 0.5) is 0 Å². The van der Waals surface area contributed by atoms with Crippen molar-refractivity contribution in [3.05, 3.63) is 32.9 Å². The molecule has 0 saturated heterocycles. The second-order valence-corrected chi connectivity index (χ2v) is 5.75. The van der Waals surface area contributed by atoms with Gasteiger partial charge in [0, 0.05) is 9.11 Å². The number of nitrogens with zero attached hydrogens (tertiary/aromatic N) is 1. The number of benzene rings is 1. The van der Waals surface area contributed by atoms with E-state index in [0.717, 1.165) is 3.57 Å². The SMILES string of the molecule is CC(C)(C)NC(=O)c1cc(I)ccc1C#N. The molecule has 1 aromatic rings.